The molecule has 0 bridgehead atoms. The fourth-order valence-corrected chi connectivity index (χ4v) is 4.04. The van der Waals surface area contributed by atoms with Crippen molar-refractivity contribution in [3.8, 4) is 0 Å². The Kier molecular flexibility index (Phi) is 6.07. The van der Waals surface area contributed by atoms with E-state index in [0.29, 0.717) is 37.7 Å². The van der Waals surface area contributed by atoms with Gasteiger partial charge in [0.1, 0.15) is 0 Å². The lowest BCUT2D eigenvalue weighted by molar-refractivity contribution is -0.137. The number of hydrogen-bond donors (Lipinski definition) is 1. The van der Waals surface area contributed by atoms with Crippen LogP contribution in [0.25, 0.3) is 5.65 Å². The lowest BCUT2D eigenvalue weighted by Crippen LogP contribution is -2.43. The highest BCUT2D eigenvalue weighted by atomic mass is 19.4. The fraction of sp³-hybridized carbons (Fsp3) is 0.524. The maximum absolute atomic E-state index is 13.1. The second-order valence-electron chi connectivity index (χ2n) is 8.15. The van der Waals surface area contributed by atoms with Crippen LogP contribution in [0.15, 0.2) is 24.5 Å². The van der Waals surface area contributed by atoms with E-state index in [0.717, 1.165) is 42.9 Å². The monoisotopic (exact) mass is 449 g/mol. The summed E-state index contributed by atoms with van der Waals surface area (Å²) in [6, 6.07) is 2.29. The van der Waals surface area contributed by atoms with Crippen LogP contribution in [0.1, 0.15) is 43.0 Å². The molecule has 3 aromatic heterocycles. The molecule has 1 atom stereocenters. The van der Waals surface area contributed by atoms with Gasteiger partial charge in [0.2, 0.25) is 11.9 Å². The molecule has 1 N–H and O–H groups in total. The molecule has 1 saturated heterocycles. The number of fused-ring (bicyclic) bond motifs is 1. The van der Waals surface area contributed by atoms with Crippen LogP contribution in [0.2, 0.25) is 0 Å². The van der Waals surface area contributed by atoms with Gasteiger partial charge in [0.25, 0.3) is 0 Å². The minimum Gasteiger partial charge on any atom is -0.352 e. The first-order chi connectivity index (χ1) is 15.3. The average molecular weight is 449 g/mol. The van der Waals surface area contributed by atoms with Gasteiger partial charge in [-0.05, 0) is 38.3 Å². The van der Waals surface area contributed by atoms with E-state index in [1.165, 1.54) is 10.5 Å². The van der Waals surface area contributed by atoms with Crippen LogP contribution in [-0.2, 0) is 24.1 Å². The number of piperidine rings is 1. The van der Waals surface area contributed by atoms with E-state index >= 15 is 0 Å². The Labute approximate surface area is 183 Å². The second-order valence-corrected chi connectivity index (χ2v) is 8.15. The van der Waals surface area contributed by atoms with Crippen molar-refractivity contribution in [3.05, 3.63) is 41.3 Å². The molecule has 0 aliphatic carbocycles. The van der Waals surface area contributed by atoms with E-state index in [4.69, 9.17) is 0 Å². The summed E-state index contributed by atoms with van der Waals surface area (Å²) in [6.07, 6.45) is 0.925. The first kappa shape index (κ1) is 22.1. The summed E-state index contributed by atoms with van der Waals surface area (Å²) < 4.78 is 42.6. The highest BCUT2D eigenvalue weighted by Crippen LogP contribution is 2.30. The quantitative estimate of drug-likeness (QED) is 0.625. The van der Waals surface area contributed by atoms with Gasteiger partial charge in [-0.1, -0.05) is 6.92 Å². The fourth-order valence-electron chi connectivity index (χ4n) is 4.04. The average Bonchev–Trinajstić information content (AvgIpc) is 3.34. The molecular formula is C21H26F3N7O. The molecule has 0 radical (unpaired) electrons. The molecule has 0 unspecified atom stereocenters. The molecule has 4 heterocycles. The van der Waals surface area contributed by atoms with Crippen LogP contribution in [0.4, 0.5) is 19.1 Å². The van der Waals surface area contributed by atoms with Crippen molar-refractivity contribution in [2.45, 2.75) is 52.4 Å². The number of alkyl halides is 3. The van der Waals surface area contributed by atoms with E-state index in [9.17, 15) is 18.0 Å². The molecule has 11 heteroatoms. The normalized spacial score (nSPS) is 17.2. The minimum absolute atomic E-state index is 0.0813. The molecule has 172 valence electrons. The van der Waals surface area contributed by atoms with E-state index in [1.54, 1.807) is 0 Å². The summed E-state index contributed by atoms with van der Waals surface area (Å²) in [5.74, 6) is -0.0460. The number of nitrogens with zero attached hydrogens (tertiary/aromatic N) is 6. The predicted molar refractivity (Wildman–Crippen MR) is 112 cm³/mol. The first-order valence-corrected chi connectivity index (χ1v) is 10.7. The molecule has 1 aliphatic heterocycles. The van der Waals surface area contributed by atoms with E-state index < -0.39 is 11.7 Å². The topological polar surface area (TPSA) is 80.4 Å². The Morgan fingerprint density at radius 3 is 2.81 bits per heavy atom. The number of carbonyl (C=O) groups excluding carboxylic acids is 1. The summed E-state index contributed by atoms with van der Waals surface area (Å²) in [6.45, 7) is 6.19. The lowest BCUT2D eigenvalue weighted by Gasteiger charge is -2.32. The Morgan fingerprint density at radius 2 is 2.06 bits per heavy atom. The van der Waals surface area contributed by atoms with Crippen molar-refractivity contribution in [3.63, 3.8) is 0 Å². The summed E-state index contributed by atoms with van der Waals surface area (Å²) in [5, 5.41) is 15.5. The molecule has 1 aliphatic rings. The van der Waals surface area contributed by atoms with Crippen LogP contribution in [0, 0.1) is 12.8 Å². The Hall–Kier alpha value is -3.11. The zero-order valence-corrected chi connectivity index (χ0v) is 18.1. The number of halogens is 3. The van der Waals surface area contributed by atoms with Crippen LogP contribution < -0.4 is 10.2 Å². The number of rotatable bonds is 6. The first-order valence-electron chi connectivity index (χ1n) is 10.7. The van der Waals surface area contributed by atoms with Gasteiger partial charge in [0.15, 0.2) is 5.65 Å². The predicted octanol–water partition coefficient (Wildman–Crippen LogP) is 3.20. The molecule has 1 amide bonds. The minimum atomic E-state index is -4.46. The summed E-state index contributed by atoms with van der Waals surface area (Å²) >= 11 is 0. The van der Waals surface area contributed by atoms with Crippen molar-refractivity contribution in [1.29, 1.82) is 0 Å². The van der Waals surface area contributed by atoms with Gasteiger partial charge in [-0.2, -0.15) is 18.3 Å². The number of aromatic nitrogens is 5. The maximum atomic E-state index is 13.1. The number of anilines is 1. The third kappa shape index (κ3) is 4.56. The Balaban J connectivity index is 1.45. The highest BCUT2D eigenvalue weighted by molar-refractivity contribution is 5.79. The van der Waals surface area contributed by atoms with Crippen molar-refractivity contribution in [2.75, 3.05) is 18.0 Å². The number of amides is 1. The molecule has 0 aromatic carbocycles. The molecule has 4 rings (SSSR count). The second kappa shape index (κ2) is 8.79. The zero-order chi connectivity index (χ0) is 22.9. The third-order valence-corrected chi connectivity index (χ3v) is 5.74. The van der Waals surface area contributed by atoms with Gasteiger partial charge < -0.3 is 10.2 Å². The SMILES string of the molecule is CCCn1cc(CNC(=O)[C@@H]2CCCN(c3nnc4ccc(C(F)(F)F)cn34)C2)c(C)n1. The van der Waals surface area contributed by atoms with Crippen molar-refractivity contribution < 1.29 is 18.0 Å². The van der Waals surface area contributed by atoms with Crippen LogP contribution in [-0.4, -0.2) is 43.4 Å². The van der Waals surface area contributed by atoms with Gasteiger partial charge >= 0.3 is 6.18 Å². The van der Waals surface area contributed by atoms with Crippen LogP contribution in [0.5, 0.6) is 0 Å². The summed E-state index contributed by atoms with van der Waals surface area (Å²) in [7, 11) is 0. The van der Waals surface area contributed by atoms with E-state index in [-0.39, 0.29) is 11.8 Å². The number of carbonyl (C=O) groups is 1. The van der Waals surface area contributed by atoms with E-state index in [1.807, 2.05) is 22.7 Å². The van der Waals surface area contributed by atoms with Gasteiger partial charge in [-0.25, -0.2) is 0 Å². The molecule has 8 nitrogen and oxygen atoms in total. The zero-order valence-electron chi connectivity index (χ0n) is 18.1. The maximum Gasteiger partial charge on any atom is 0.417 e. The molecule has 1 fully saturated rings. The standard InChI is InChI=1S/C21H26F3N7O/c1-3-8-30-12-16(14(2)28-30)10-25-19(32)15-5-4-9-29(11-15)20-27-26-18-7-6-17(13-31(18)20)21(22,23)24/h6-7,12-13,15H,3-5,8-11H2,1-2H3,(H,25,32)/t15-/m1/s1. The summed E-state index contributed by atoms with van der Waals surface area (Å²) in [5.41, 5.74) is 1.43. The van der Waals surface area contributed by atoms with Gasteiger partial charge in [-0.15, -0.1) is 10.2 Å². The van der Waals surface area contributed by atoms with Crippen molar-refractivity contribution >= 4 is 17.5 Å². The summed E-state index contributed by atoms with van der Waals surface area (Å²) in [4.78, 5) is 14.7. The molecule has 3 aromatic rings. The highest BCUT2D eigenvalue weighted by Gasteiger charge is 2.32. The van der Waals surface area contributed by atoms with Gasteiger partial charge in [-0.3, -0.25) is 13.9 Å². The number of hydrogen-bond acceptors (Lipinski definition) is 5. The third-order valence-electron chi connectivity index (χ3n) is 5.74. The molecule has 0 spiro atoms. The molecular weight excluding hydrogens is 423 g/mol. The van der Waals surface area contributed by atoms with Crippen LogP contribution >= 0.6 is 0 Å². The number of nitrogens with one attached hydrogen (secondary N) is 1. The van der Waals surface area contributed by atoms with Gasteiger partial charge in [0.05, 0.1) is 17.2 Å². The smallest absolute Gasteiger partial charge is 0.352 e. The molecule has 32 heavy (non-hydrogen) atoms. The lowest BCUT2D eigenvalue weighted by atomic mass is 9.97. The van der Waals surface area contributed by atoms with Crippen molar-refractivity contribution in [2.24, 2.45) is 5.92 Å². The van der Waals surface area contributed by atoms with Gasteiger partial charge in [0, 0.05) is 44.1 Å². The van der Waals surface area contributed by atoms with Crippen molar-refractivity contribution in [1.82, 2.24) is 29.7 Å². The Bertz CT molecular complexity index is 1100. The Morgan fingerprint density at radius 1 is 1.25 bits per heavy atom. The number of pyridine rings is 1. The van der Waals surface area contributed by atoms with Crippen LogP contribution in [0.3, 0.4) is 0 Å². The number of aryl methyl sites for hydroxylation is 2. The largest absolute Gasteiger partial charge is 0.417 e. The van der Waals surface area contributed by atoms with E-state index in [2.05, 4.69) is 27.5 Å². The molecule has 0 saturated carbocycles.